The fraction of sp³-hybridized carbons (Fsp3) is 0.238. The summed E-state index contributed by atoms with van der Waals surface area (Å²) in [5.74, 6) is 5.98. The second kappa shape index (κ2) is 6.45. The molecule has 1 aromatic carbocycles. The highest BCUT2D eigenvalue weighted by molar-refractivity contribution is 6.04. The molecule has 4 nitrogen and oxygen atoms in total. The van der Waals surface area contributed by atoms with Crippen molar-refractivity contribution in [1.29, 1.82) is 0 Å². The molecule has 0 aliphatic carbocycles. The second-order valence-corrected chi connectivity index (χ2v) is 7.09. The van der Waals surface area contributed by atoms with Crippen LogP contribution in [0.1, 0.15) is 36.8 Å². The highest BCUT2D eigenvalue weighted by atomic mass is 16.1. The lowest BCUT2D eigenvalue weighted by Crippen LogP contribution is -2.12. The van der Waals surface area contributed by atoms with E-state index < -0.39 is 0 Å². The second-order valence-electron chi connectivity index (χ2n) is 7.09. The van der Waals surface area contributed by atoms with E-state index >= 15 is 0 Å². The van der Waals surface area contributed by atoms with E-state index in [4.69, 9.17) is 0 Å². The van der Waals surface area contributed by atoms with Gasteiger partial charge in [0, 0.05) is 36.1 Å². The number of anilines is 1. The number of hydrogen-bond donors (Lipinski definition) is 1. The van der Waals surface area contributed by atoms with E-state index in [2.05, 4.69) is 22.1 Å². The number of benzene rings is 1. The van der Waals surface area contributed by atoms with Gasteiger partial charge in [0.05, 0.1) is 5.56 Å². The van der Waals surface area contributed by atoms with E-state index in [0.29, 0.717) is 11.3 Å². The van der Waals surface area contributed by atoms with E-state index in [1.54, 1.807) is 18.3 Å². The third-order valence-corrected chi connectivity index (χ3v) is 3.74. The molecule has 3 aromatic rings. The van der Waals surface area contributed by atoms with Gasteiger partial charge in [0.15, 0.2) is 0 Å². The quantitative estimate of drug-likeness (QED) is 0.715. The Bertz CT molecular complexity index is 980. The molecule has 126 valence electrons. The zero-order valence-corrected chi connectivity index (χ0v) is 14.9. The van der Waals surface area contributed by atoms with Crippen molar-refractivity contribution in [3.63, 3.8) is 0 Å². The van der Waals surface area contributed by atoms with E-state index in [1.807, 2.05) is 62.8 Å². The number of carbonyl (C=O) groups is 1. The molecular weight excluding hydrogens is 310 g/mol. The van der Waals surface area contributed by atoms with Gasteiger partial charge in [0.1, 0.15) is 5.69 Å². The average Bonchev–Trinajstić information content (AvgIpc) is 2.94. The van der Waals surface area contributed by atoms with Crippen LogP contribution in [0.5, 0.6) is 0 Å². The van der Waals surface area contributed by atoms with Crippen LogP contribution in [-0.4, -0.2) is 15.5 Å². The standard InChI is InChI=1S/C21H21N3O/c1-21(2,3)11-9-17-7-6-16(14-22-17)20(25)23-18-8-5-15-10-12-24(4)19(15)13-18/h5-8,10,12-14H,1-4H3,(H,23,25). The molecule has 0 saturated heterocycles. The van der Waals surface area contributed by atoms with Crippen LogP contribution in [-0.2, 0) is 7.05 Å². The summed E-state index contributed by atoms with van der Waals surface area (Å²) in [7, 11) is 1.98. The maximum absolute atomic E-state index is 12.4. The van der Waals surface area contributed by atoms with Gasteiger partial charge >= 0.3 is 0 Å². The third kappa shape index (κ3) is 4.07. The minimum atomic E-state index is -0.184. The van der Waals surface area contributed by atoms with Gasteiger partial charge in [0.2, 0.25) is 0 Å². The predicted molar refractivity (Wildman–Crippen MR) is 101 cm³/mol. The predicted octanol–water partition coefficient (Wildman–Crippen LogP) is 4.22. The number of fused-ring (bicyclic) bond motifs is 1. The SMILES string of the molecule is Cn1ccc2ccc(NC(=O)c3ccc(C#CC(C)(C)C)nc3)cc21. The van der Waals surface area contributed by atoms with Crippen LogP contribution >= 0.6 is 0 Å². The Labute approximate surface area is 147 Å². The van der Waals surface area contributed by atoms with Crippen LogP contribution in [0.3, 0.4) is 0 Å². The van der Waals surface area contributed by atoms with Crippen molar-refractivity contribution in [3.05, 3.63) is 60.0 Å². The number of carbonyl (C=O) groups excluding carboxylic acids is 1. The van der Waals surface area contributed by atoms with Crippen molar-refractivity contribution in [2.45, 2.75) is 20.8 Å². The van der Waals surface area contributed by atoms with Crippen LogP contribution in [0.2, 0.25) is 0 Å². The molecule has 2 heterocycles. The summed E-state index contributed by atoms with van der Waals surface area (Å²) < 4.78 is 2.02. The topological polar surface area (TPSA) is 46.9 Å². The number of aryl methyl sites for hydroxylation is 1. The molecule has 0 unspecified atom stereocenters. The molecule has 0 spiro atoms. The monoisotopic (exact) mass is 331 g/mol. The van der Waals surface area contributed by atoms with E-state index in [1.165, 1.54) is 0 Å². The first-order valence-electron chi connectivity index (χ1n) is 8.17. The number of pyridine rings is 1. The number of hydrogen-bond acceptors (Lipinski definition) is 2. The first kappa shape index (κ1) is 16.8. The maximum atomic E-state index is 12.4. The first-order valence-corrected chi connectivity index (χ1v) is 8.17. The number of aromatic nitrogens is 2. The number of nitrogens with zero attached hydrogens (tertiary/aromatic N) is 2. The zero-order valence-electron chi connectivity index (χ0n) is 14.9. The van der Waals surface area contributed by atoms with E-state index in [9.17, 15) is 4.79 Å². The Morgan fingerprint density at radius 1 is 1.16 bits per heavy atom. The molecule has 0 aliphatic rings. The minimum absolute atomic E-state index is 0.0761. The van der Waals surface area contributed by atoms with Gasteiger partial charge < -0.3 is 9.88 Å². The lowest BCUT2D eigenvalue weighted by molar-refractivity contribution is 0.102. The van der Waals surface area contributed by atoms with Crippen molar-refractivity contribution in [2.75, 3.05) is 5.32 Å². The van der Waals surface area contributed by atoms with Crippen molar-refractivity contribution < 1.29 is 4.79 Å². The number of rotatable bonds is 2. The Hall–Kier alpha value is -3.06. The first-order chi connectivity index (χ1) is 11.8. The highest BCUT2D eigenvalue weighted by Crippen LogP contribution is 2.20. The summed E-state index contributed by atoms with van der Waals surface area (Å²) in [5, 5.41) is 4.06. The Kier molecular flexibility index (Phi) is 4.33. The molecule has 4 heteroatoms. The molecule has 25 heavy (non-hydrogen) atoms. The summed E-state index contributed by atoms with van der Waals surface area (Å²) in [6.45, 7) is 6.14. The van der Waals surface area contributed by atoms with Crippen LogP contribution in [0.15, 0.2) is 48.8 Å². The summed E-state index contributed by atoms with van der Waals surface area (Å²) in [6.07, 6.45) is 3.56. The number of amides is 1. The molecule has 1 N–H and O–H groups in total. The fourth-order valence-electron chi connectivity index (χ4n) is 2.40. The van der Waals surface area contributed by atoms with Crippen LogP contribution in [0.25, 0.3) is 10.9 Å². The van der Waals surface area contributed by atoms with Gasteiger partial charge in [-0.3, -0.25) is 4.79 Å². The molecule has 0 radical (unpaired) electrons. The van der Waals surface area contributed by atoms with Crippen molar-refractivity contribution >= 4 is 22.5 Å². The summed E-state index contributed by atoms with van der Waals surface area (Å²) in [6, 6.07) is 11.4. The van der Waals surface area contributed by atoms with Crippen LogP contribution in [0, 0.1) is 17.3 Å². The molecular formula is C21H21N3O. The van der Waals surface area contributed by atoms with Gasteiger partial charge in [-0.15, -0.1) is 0 Å². The molecule has 0 bridgehead atoms. The van der Waals surface area contributed by atoms with Gasteiger partial charge in [-0.1, -0.05) is 12.0 Å². The smallest absolute Gasteiger partial charge is 0.257 e. The maximum Gasteiger partial charge on any atom is 0.257 e. The average molecular weight is 331 g/mol. The van der Waals surface area contributed by atoms with Gasteiger partial charge in [0.25, 0.3) is 5.91 Å². The van der Waals surface area contributed by atoms with E-state index in [-0.39, 0.29) is 11.3 Å². The Morgan fingerprint density at radius 3 is 2.64 bits per heavy atom. The summed E-state index contributed by atoms with van der Waals surface area (Å²) in [5.41, 5.74) is 2.93. The normalized spacial score (nSPS) is 11.0. The molecule has 0 saturated carbocycles. The highest BCUT2D eigenvalue weighted by Gasteiger charge is 2.08. The van der Waals surface area contributed by atoms with Gasteiger partial charge in [-0.2, -0.15) is 0 Å². The molecule has 0 atom stereocenters. The Morgan fingerprint density at radius 2 is 1.96 bits per heavy atom. The van der Waals surface area contributed by atoms with Crippen LogP contribution in [0.4, 0.5) is 5.69 Å². The summed E-state index contributed by atoms with van der Waals surface area (Å²) in [4.78, 5) is 16.7. The summed E-state index contributed by atoms with van der Waals surface area (Å²) >= 11 is 0. The molecule has 0 fully saturated rings. The molecule has 1 amide bonds. The fourth-order valence-corrected chi connectivity index (χ4v) is 2.40. The minimum Gasteiger partial charge on any atom is -0.350 e. The van der Waals surface area contributed by atoms with Crippen molar-refractivity contribution in [1.82, 2.24) is 9.55 Å². The lowest BCUT2D eigenvalue weighted by Gasteiger charge is -2.07. The Balaban J connectivity index is 1.75. The zero-order chi connectivity index (χ0) is 18.0. The molecule has 2 aromatic heterocycles. The molecule has 0 aliphatic heterocycles. The van der Waals surface area contributed by atoms with Gasteiger partial charge in [-0.25, -0.2) is 4.98 Å². The van der Waals surface area contributed by atoms with E-state index in [0.717, 1.165) is 16.6 Å². The van der Waals surface area contributed by atoms with Crippen molar-refractivity contribution in [3.8, 4) is 11.8 Å². The lowest BCUT2D eigenvalue weighted by atomic mass is 9.98. The molecule has 3 rings (SSSR count). The van der Waals surface area contributed by atoms with Gasteiger partial charge in [-0.05, 0) is 62.4 Å². The van der Waals surface area contributed by atoms with Crippen molar-refractivity contribution in [2.24, 2.45) is 12.5 Å². The van der Waals surface area contributed by atoms with Crippen LogP contribution < -0.4 is 5.32 Å². The number of nitrogens with one attached hydrogen (secondary N) is 1. The largest absolute Gasteiger partial charge is 0.350 e. The third-order valence-electron chi connectivity index (χ3n) is 3.74.